The fourth-order valence-corrected chi connectivity index (χ4v) is 2.29. The largest absolute Gasteiger partial charge is 0.385 e. The molecule has 3 nitrogen and oxygen atoms in total. The van der Waals surface area contributed by atoms with E-state index < -0.39 is 0 Å². The van der Waals surface area contributed by atoms with Gasteiger partial charge in [0.2, 0.25) is 0 Å². The van der Waals surface area contributed by atoms with Gasteiger partial charge in [-0.05, 0) is 36.9 Å². The van der Waals surface area contributed by atoms with Crippen LogP contribution < -0.4 is 10.6 Å². The number of rotatable bonds is 6. The number of para-hydroxylation sites is 1. The van der Waals surface area contributed by atoms with Crippen LogP contribution in [-0.4, -0.2) is 26.8 Å². The van der Waals surface area contributed by atoms with Crippen molar-refractivity contribution in [3.05, 3.63) is 29.3 Å². The second-order valence-electron chi connectivity index (χ2n) is 4.50. The number of fused-ring (bicyclic) bond motifs is 1. The summed E-state index contributed by atoms with van der Waals surface area (Å²) in [6.07, 6.45) is 3.52. The molecule has 0 unspecified atom stereocenters. The van der Waals surface area contributed by atoms with Crippen LogP contribution in [0.15, 0.2) is 18.2 Å². The molecule has 17 heavy (non-hydrogen) atoms. The number of hydrogen-bond acceptors (Lipinski definition) is 3. The first kappa shape index (κ1) is 12.4. The maximum Gasteiger partial charge on any atom is 0.0474 e. The van der Waals surface area contributed by atoms with Crippen molar-refractivity contribution in [2.75, 3.05) is 32.1 Å². The summed E-state index contributed by atoms with van der Waals surface area (Å²) >= 11 is 0. The molecule has 0 amide bonds. The van der Waals surface area contributed by atoms with Gasteiger partial charge in [-0.25, -0.2) is 0 Å². The average molecular weight is 234 g/mol. The number of methoxy groups -OCH3 is 1. The van der Waals surface area contributed by atoms with Gasteiger partial charge in [0.05, 0.1) is 0 Å². The molecule has 0 aliphatic carbocycles. The Bertz CT molecular complexity index is 352. The van der Waals surface area contributed by atoms with Gasteiger partial charge in [-0.1, -0.05) is 18.2 Å². The first-order valence-electron chi connectivity index (χ1n) is 6.46. The van der Waals surface area contributed by atoms with E-state index >= 15 is 0 Å². The third-order valence-corrected chi connectivity index (χ3v) is 3.18. The van der Waals surface area contributed by atoms with Crippen LogP contribution in [0.1, 0.15) is 24.0 Å². The lowest BCUT2D eigenvalue weighted by molar-refractivity contribution is 0.194. The maximum absolute atomic E-state index is 5.03. The zero-order valence-corrected chi connectivity index (χ0v) is 10.6. The number of nitrogens with one attached hydrogen (secondary N) is 2. The van der Waals surface area contributed by atoms with E-state index in [4.69, 9.17) is 4.74 Å². The van der Waals surface area contributed by atoms with Crippen molar-refractivity contribution in [1.29, 1.82) is 0 Å². The van der Waals surface area contributed by atoms with Crippen molar-refractivity contribution >= 4 is 5.69 Å². The van der Waals surface area contributed by atoms with E-state index in [1.165, 1.54) is 29.7 Å². The Morgan fingerprint density at radius 2 is 2.35 bits per heavy atom. The van der Waals surface area contributed by atoms with E-state index in [9.17, 15) is 0 Å². The molecule has 3 heteroatoms. The van der Waals surface area contributed by atoms with Crippen LogP contribution in [0.25, 0.3) is 0 Å². The van der Waals surface area contributed by atoms with Gasteiger partial charge in [0, 0.05) is 32.5 Å². The molecule has 0 saturated carbocycles. The lowest BCUT2D eigenvalue weighted by Gasteiger charge is -2.21. The van der Waals surface area contributed by atoms with Crippen LogP contribution in [-0.2, 0) is 17.7 Å². The molecule has 0 saturated heterocycles. The molecule has 0 radical (unpaired) electrons. The molecule has 1 heterocycles. The SMILES string of the molecule is COCCCNCc1cccc2c1NCCC2. The smallest absolute Gasteiger partial charge is 0.0474 e. The molecule has 2 N–H and O–H groups in total. The Labute approximate surface area is 104 Å². The summed E-state index contributed by atoms with van der Waals surface area (Å²) < 4.78 is 5.03. The third-order valence-electron chi connectivity index (χ3n) is 3.18. The molecule has 0 atom stereocenters. The highest BCUT2D eigenvalue weighted by Gasteiger charge is 2.11. The minimum Gasteiger partial charge on any atom is -0.385 e. The monoisotopic (exact) mass is 234 g/mol. The van der Waals surface area contributed by atoms with E-state index in [2.05, 4.69) is 28.8 Å². The summed E-state index contributed by atoms with van der Waals surface area (Å²) in [7, 11) is 1.75. The Balaban J connectivity index is 1.87. The highest BCUT2D eigenvalue weighted by molar-refractivity contribution is 5.59. The second kappa shape index (κ2) is 6.62. The number of hydrogen-bond donors (Lipinski definition) is 2. The molecule has 1 aliphatic heterocycles. The quantitative estimate of drug-likeness (QED) is 0.740. The molecule has 1 aromatic rings. The summed E-state index contributed by atoms with van der Waals surface area (Å²) in [4.78, 5) is 0. The number of anilines is 1. The number of benzene rings is 1. The van der Waals surface area contributed by atoms with E-state index in [1.807, 2.05) is 0 Å². The Morgan fingerprint density at radius 1 is 1.41 bits per heavy atom. The van der Waals surface area contributed by atoms with E-state index in [-0.39, 0.29) is 0 Å². The molecule has 0 spiro atoms. The van der Waals surface area contributed by atoms with Gasteiger partial charge in [0.15, 0.2) is 0 Å². The van der Waals surface area contributed by atoms with Crippen LogP contribution in [0, 0.1) is 0 Å². The van der Waals surface area contributed by atoms with Crippen molar-refractivity contribution in [2.24, 2.45) is 0 Å². The van der Waals surface area contributed by atoms with E-state index in [0.717, 1.165) is 32.7 Å². The van der Waals surface area contributed by atoms with Gasteiger partial charge in [0.1, 0.15) is 0 Å². The highest BCUT2D eigenvalue weighted by atomic mass is 16.5. The Kier molecular flexibility index (Phi) is 4.83. The number of aryl methyl sites for hydroxylation is 1. The van der Waals surface area contributed by atoms with Crippen LogP contribution in [0.2, 0.25) is 0 Å². The molecule has 0 fully saturated rings. The first-order chi connectivity index (χ1) is 8.42. The normalized spacial score (nSPS) is 14.2. The van der Waals surface area contributed by atoms with Crippen LogP contribution in [0.4, 0.5) is 5.69 Å². The van der Waals surface area contributed by atoms with Gasteiger partial charge >= 0.3 is 0 Å². The minimum absolute atomic E-state index is 0.831. The predicted octanol–water partition coefficient (Wildman–Crippen LogP) is 2.17. The molecule has 0 bridgehead atoms. The molecular formula is C14H22N2O. The molecule has 2 rings (SSSR count). The maximum atomic E-state index is 5.03. The Hall–Kier alpha value is -1.06. The summed E-state index contributed by atoms with van der Waals surface area (Å²) in [6.45, 7) is 3.89. The fourth-order valence-electron chi connectivity index (χ4n) is 2.29. The topological polar surface area (TPSA) is 33.3 Å². The highest BCUT2D eigenvalue weighted by Crippen LogP contribution is 2.25. The average Bonchev–Trinajstić information content (AvgIpc) is 2.39. The van der Waals surface area contributed by atoms with E-state index in [1.54, 1.807) is 7.11 Å². The number of ether oxygens (including phenoxy) is 1. The lowest BCUT2D eigenvalue weighted by atomic mass is 9.99. The zero-order valence-electron chi connectivity index (χ0n) is 10.6. The molecule has 1 aromatic carbocycles. The molecule has 1 aliphatic rings. The summed E-state index contributed by atoms with van der Waals surface area (Å²) in [5, 5.41) is 6.99. The molecule has 0 aromatic heterocycles. The van der Waals surface area contributed by atoms with Crippen LogP contribution in [0.3, 0.4) is 0 Å². The molecule has 94 valence electrons. The first-order valence-corrected chi connectivity index (χ1v) is 6.46. The van der Waals surface area contributed by atoms with Gasteiger partial charge in [0.25, 0.3) is 0 Å². The van der Waals surface area contributed by atoms with Gasteiger partial charge in [-0.2, -0.15) is 0 Å². The van der Waals surface area contributed by atoms with Gasteiger partial charge < -0.3 is 15.4 Å². The van der Waals surface area contributed by atoms with Crippen molar-refractivity contribution < 1.29 is 4.74 Å². The molecular weight excluding hydrogens is 212 g/mol. The second-order valence-corrected chi connectivity index (χ2v) is 4.50. The van der Waals surface area contributed by atoms with Crippen LogP contribution >= 0.6 is 0 Å². The third kappa shape index (κ3) is 3.45. The van der Waals surface area contributed by atoms with Crippen molar-refractivity contribution in [3.8, 4) is 0 Å². The predicted molar refractivity (Wildman–Crippen MR) is 71.5 cm³/mol. The van der Waals surface area contributed by atoms with Gasteiger partial charge in [-0.3, -0.25) is 0 Å². The van der Waals surface area contributed by atoms with Crippen LogP contribution in [0.5, 0.6) is 0 Å². The van der Waals surface area contributed by atoms with Crippen molar-refractivity contribution in [3.63, 3.8) is 0 Å². The lowest BCUT2D eigenvalue weighted by Crippen LogP contribution is -2.19. The zero-order chi connectivity index (χ0) is 11.9. The van der Waals surface area contributed by atoms with Crippen molar-refractivity contribution in [1.82, 2.24) is 5.32 Å². The summed E-state index contributed by atoms with van der Waals surface area (Å²) in [6, 6.07) is 6.61. The summed E-state index contributed by atoms with van der Waals surface area (Å²) in [5.41, 5.74) is 4.21. The van der Waals surface area contributed by atoms with E-state index in [0.29, 0.717) is 0 Å². The minimum atomic E-state index is 0.831. The fraction of sp³-hybridized carbons (Fsp3) is 0.571. The van der Waals surface area contributed by atoms with Gasteiger partial charge in [-0.15, -0.1) is 0 Å². The summed E-state index contributed by atoms with van der Waals surface area (Å²) in [5.74, 6) is 0. The van der Waals surface area contributed by atoms with Crippen molar-refractivity contribution in [2.45, 2.75) is 25.8 Å². The standard InChI is InChI=1S/C14H22N2O/c1-17-10-4-8-15-11-13-6-2-5-12-7-3-9-16-14(12)13/h2,5-6,15-16H,3-4,7-11H2,1H3. The Morgan fingerprint density at radius 3 is 3.24 bits per heavy atom.